The summed E-state index contributed by atoms with van der Waals surface area (Å²) in [6.07, 6.45) is 3.14. The zero-order valence-corrected chi connectivity index (χ0v) is 20.5. The Balaban J connectivity index is 1.52. The molecular weight excluding hydrogens is 456 g/mol. The summed E-state index contributed by atoms with van der Waals surface area (Å²) in [6.45, 7) is 4.48. The van der Waals surface area contributed by atoms with E-state index in [1.807, 2.05) is 66.9 Å². The molecule has 4 aromatic rings. The Bertz CT molecular complexity index is 1330. The molecule has 0 aliphatic rings. The molecule has 1 aromatic heterocycles. The van der Waals surface area contributed by atoms with Crippen molar-refractivity contribution in [3.05, 3.63) is 82.9 Å². The molecule has 4 rings (SSSR count). The van der Waals surface area contributed by atoms with Crippen LogP contribution in [0.3, 0.4) is 0 Å². The van der Waals surface area contributed by atoms with E-state index in [1.165, 1.54) is 12.1 Å². The van der Waals surface area contributed by atoms with Gasteiger partial charge in [-0.2, -0.15) is 0 Å². The molecule has 8 nitrogen and oxygen atoms in total. The van der Waals surface area contributed by atoms with Gasteiger partial charge in [-0.05, 0) is 69.5 Å². The SMILES string of the molecule is CC(C)NC(=O)CCCCCOc1ccc2nc(-c3ccc([N+](=O)[O-])cc3)n(-c3ccccc3)c2c1. The fraction of sp³-hybridized carbons (Fsp3) is 0.286. The predicted molar refractivity (Wildman–Crippen MR) is 140 cm³/mol. The number of unbranched alkanes of at least 4 members (excludes halogenated alkanes) is 2. The van der Waals surface area contributed by atoms with Crippen LogP contribution in [0.5, 0.6) is 5.75 Å². The number of fused-ring (bicyclic) bond motifs is 1. The van der Waals surface area contributed by atoms with Gasteiger partial charge in [-0.15, -0.1) is 0 Å². The second-order valence-corrected chi connectivity index (χ2v) is 8.94. The minimum atomic E-state index is -0.409. The molecule has 1 amide bonds. The molecule has 8 heteroatoms. The molecule has 0 unspecified atom stereocenters. The molecule has 0 aliphatic heterocycles. The fourth-order valence-electron chi connectivity index (χ4n) is 4.06. The number of nitro benzene ring substituents is 1. The molecule has 0 bridgehead atoms. The number of non-ortho nitro benzene ring substituents is 1. The summed E-state index contributed by atoms with van der Waals surface area (Å²) < 4.78 is 8.06. The first-order chi connectivity index (χ1) is 17.4. The van der Waals surface area contributed by atoms with E-state index in [0.717, 1.165) is 47.3 Å². The van der Waals surface area contributed by atoms with E-state index in [1.54, 1.807) is 12.1 Å². The lowest BCUT2D eigenvalue weighted by Gasteiger charge is -2.11. The average molecular weight is 487 g/mol. The number of nitrogens with zero attached hydrogens (tertiary/aromatic N) is 3. The van der Waals surface area contributed by atoms with Crippen molar-refractivity contribution in [1.82, 2.24) is 14.9 Å². The highest BCUT2D eigenvalue weighted by Gasteiger charge is 2.16. The first-order valence-electron chi connectivity index (χ1n) is 12.2. The second-order valence-electron chi connectivity index (χ2n) is 8.94. The highest BCUT2D eigenvalue weighted by atomic mass is 16.6. The Labute approximate surface area is 210 Å². The van der Waals surface area contributed by atoms with E-state index in [4.69, 9.17) is 9.72 Å². The van der Waals surface area contributed by atoms with E-state index < -0.39 is 4.92 Å². The summed E-state index contributed by atoms with van der Waals surface area (Å²) in [5, 5.41) is 14.0. The van der Waals surface area contributed by atoms with Gasteiger partial charge in [-0.1, -0.05) is 18.2 Å². The molecule has 186 valence electrons. The highest BCUT2D eigenvalue weighted by molar-refractivity contribution is 5.84. The monoisotopic (exact) mass is 486 g/mol. The van der Waals surface area contributed by atoms with E-state index in [0.29, 0.717) is 18.9 Å². The van der Waals surface area contributed by atoms with E-state index in [2.05, 4.69) is 5.32 Å². The molecule has 1 N–H and O–H groups in total. The number of hydrogen-bond acceptors (Lipinski definition) is 5. The number of nitrogens with one attached hydrogen (secondary N) is 1. The van der Waals surface area contributed by atoms with Crippen molar-refractivity contribution in [3.63, 3.8) is 0 Å². The largest absolute Gasteiger partial charge is 0.494 e. The Morgan fingerprint density at radius 3 is 2.47 bits per heavy atom. The maximum Gasteiger partial charge on any atom is 0.269 e. The maximum atomic E-state index is 11.8. The second kappa shape index (κ2) is 11.5. The van der Waals surface area contributed by atoms with Gasteiger partial charge in [0.25, 0.3) is 5.69 Å². The molecule has 36 heavy (non-hydrogen) atoms. The smallest absolute Gasteiger partial charge is 0.269 e. The summed E-state index contributed by atoms with van der Waals surface area (Å²) in [7, 11) is 0. The van der Waals surface area contributed by atoms with Gasteiger partial charge in [0.2, 0.25) is 5.91 Å². The van der Waals surface area contributed by atoms with Gasteiger partial charge in [0.1, 0.15) is 11.6 Å². The van der Waals surface area contributed by atoms with Crippen LogP contribution in [-0.2, 0) is 4.79 Å². The minimum absolute atomic E-state index is 0.0392. The number of nitro groups is 1. The molecule has 1 heterocycles. The van der Waals surface area contributed by atoms with Crippen molar-refractivity contribution >= 4 is 22.6 Å². The lowest BCUT2D eigenvalue weighted by atomic mass is 10.2. The van der Waals surface area contributed by atoms with Crippen molar-refractivity contribution in [2.24, 2.45) is 0 Å². The van der Waals surface area contributed by atoms with Crippen molar-refractivity contribution in [2.45, 2.75) is 45.6 Å². The zero-order chi connectivity index (χ0) is 25.5. The van der Waals surface area contributed by atoms with Crippen LogP contribution in [0.25, 0.3) is 28.1 Å². The molecule has 0 spiro atoms. The third kappa shape index (κ3) is 6.07. The Hall–Kier alpha value is -4.20. The number of ether oxygens (including phenoxy) is 1. The fourth-order valence-corrected chi connectivity index (χ4v) is 4.06. The molecular formula is C28H30N4O4. The van der Waals surface area contributed by atoms with Crippen LogP contribution in [0, 0.1) is 10.1 Å². The summed E-state index contributed by atoms with van der Waals surface area (Å²) in [5.41, 5.74) is 3.44. The van der Waals surface area contributed by atoms with Gasteiger partial charge in [-0.3, -0.25) is 19.5 Å². The number of imidazole rings is 1. The Kier molecular flexibility index (Phi) is 7.95. The number of benzene rings is 3. The Morgan fingerprint density at radius 1 is 1.03 bits per heavy atom. The zero-order valence-electron chi connectivity index (χ0n) is 20.5. The van der Waals surface area contributed by atoms with Crippen LogP contribution in [0.2, 0.25) is 0 Å². The van der Waals surface area contributed by atoms with Crippen molar-refractivity contribution in [2.75, 3.05) is 6.61 Å². The van der Waals surface area contributed by atoms with Crippen LogP contribution in [0.1, 0.15) is 39.5 Å². The number of para-hydroxylation sites is 1. The molecule has 3 aromatic carbocycles. The standard InChI is InChI=1S/C28H30N4O4/c1-20(2)29-27(33)11-7-4-8-18-36-24-16-17-25-26(19-24)31(22-9-5-3-6-10-22)28(30-25)21-12-14-23(15-13-21)32(34)35/h3,5-6,9-10,12-17,19-20H,4,7-8,11,18H2,1-2H3,(H,29,33). The molecule has 0 saturated heterocycles. The number of carbonyl (C=O) groups excluding carboxylic acids is 1. The lowest BCUT2D eigenvalue weighted by molar-refractivity contribution is -0.384. The normalized spacial score (nSPS) is 11.1. The van der Waals surface area contributed by atoms with Gasteiger partial charge in [0.05, 0.1) is 22.6 Å². The van der Waals surface area contributed by atoms with Crippen LogP contribution in [0.4, 0.5) is 5.69 Å². The summed E-state index contributed by atoms with van der Waals surface area (Å²) >= 11 is 0. The molecule has 0 atom stereocenters. The van der Waals surface area contributed by atoms with Gasteiger partial charge in [-0.25, -0.2) is 4.98 Å². The van der Waals surface area contributed by atoms with E-state index in [9.17, 15) is 14.9 Å². The Morgan fingerprint density at radius 2 is 1.78 bits per heavy atom. The third-order valence-electron chi connectivity index (χ3n) is 5.74. The van der Waals surface area contributed by atoms with Crippen LogP contribution in [-0.4, -0.2) is 33.0 Å². The number of carbonyl (C=O) groups is 1. The number of amides is 1. The van der Waals surface area contributed by atoms with Crippen LogP contribution in [0.15, 0.2) is 72.8 Å². The van der Waals surface area contributed by atoms with Crippen molar-refractivity contribution < 1.29 is 14.5 Å². The third-order valence-corrected chi connectivity index (χ3v) is 5.74. The van der Waals surface area contributed by atoms with Gasteiger partial charge in [0.15, 0.2) is 0 Å². The predicted octanol–water partition coefficient (Wildman–Crippen LogP) is 6.06. The first-order valence-corrected chi connectivity index (χ1v) is 12.2. The van der Waals surface area contributed by atoms with Gasteiger partial charge in [0, 0.05) is 41.9 Å². The van der Waals surface area contributed by atoms with Crippen molar-refractivity contribution in [3.8, 4) is 22.8 Å². The van der Waals surface area contributed by atoms with Gasteiger partial charge < -0.3 is 10.1 Å². The van der Waals surface area contributed by atoms with Crippen molar-refractivity contribution in [1.29, 1.82) is 0 Å². The average Bonchev–Trinajstić information content (AvgIpc) is 3.25. The van der Waals surface area contributed by atoms with Crippen LogP contribution < -0.4 is 10.1 Å². The maximum absolute atomic E-state index is 11.8. The molecule has 0 aliphatic carbocycles. The summed E-state index contributed by atoms with van der Waals surface area (Å²) in [4.78, 5) is 27.3. The first kappa shape index (κ1) is 24.9. The number of hydrogen-bond donors (Lipinski definition) is 1. The molecule has 0 fully saturated rings. The highest BCUT2D eigenvalue weighted by Crippen LogP contribution is 2.31. The van der Waals surface area contributed by atoms with Crippen LogP contribution >= 0.6 is 0 Å². The quantitative estimate of drug-likeness (QED) is 0.158. The van der Waals surface area contributed by atoms with E-state index in [-0.39, 0.29) is 17.6 Å². The lowest BCUT2D eigenvalue weighted by Crippen LogP contribution is -2.29. The minimum Gasteiger partial charge on any atom is -0.494 e. The molecule has 0 radical (unpaired) electrons. The molecule has 0 saturated carbocycles. The number of rotatable bonds is 11. The van der Waals surface area contributed by atoms with E-state index >= 15 is 0 Å². The topological polar surface area (TPSA) is 99.3 Å². The summed E-state index contributed by atoms with van der Waals surface area (Å²) in [5.74, 6) is 1.53. The summed E-state index contributed by atoms with van der Waals surface area (Å²) in [6, 6.07) is 22.3. The number of aromatic nitrogens is 2. The van der Waals surface area contributed by atoms with Gasteiger partial charge >= 0.3 is 0 Å².